The Morgan fingerprint density at radius 1 is 1.26 bits per heavy atom. The number of carboxylic acids is 1. The number of carbonyl (C=O) groups is 2. The van der Waals surface area contributed by atoms with Gasteiger partial charge in [-0.3, -0.25) is 0 Å². The summed E-state index contributed by atoms with van der Waals surface area (Å²) in [4.78, 5) is 22.6. The molecule has 6 heteroatoms. The molecule has 0 aromatic rings. The van der Waals surface area contributed by atoms with Crippen molar-refractivity contribution in [3.63, 3.8) is 0 Å². The van der Waals surface area contributed by atoms with E-state index in [0.717, 1.165) is 25.7 Å². The van der Waals surface area contributed by atoms with Crippen molar-refractivity contribution >= 4 is 12.0 Å². The van der Waals surface area contributed by atoms with Crippen LogP contribution in [0.15, 0.2) is 0 Å². The Hall–Kier alpha value is -1.30. The molecular formula is C13H24N2O4. The number of hydrogen-bond acceptors (Lipinski definition) is 3. The number of hydrogen-bond donors (Lipinski definition) is 4. The van der Waals surface area contributed by atoms with Crippen LogP contribution in [0, 0.1) is 5.92 Å². The molecule has 2 unspecified atom stereocenters. The predicted molar refractivity (Wildman–Crippen MR) is 70.8 cm³/mol. The molecule has 6 nitrogen and oxygen atoms in total. The summed E-state index contributed by atoms with van der Waals surface area (Å²) in [5.41, 5.74) is 0. The second kappa shape index (κ2) is 7.99. The first-order valence-corrected chi connectivity index (χ1v) is 6.93. The van der Waals surface area contributed by atoms with Gasteiger partial charge in [0.25, 0.3) is 0 Å². The summed E-state index contributed by atoms with van der Waals surface area (Å²) in [6.45, 7) is 1.95. The highest BCUT2D eigenvalue weighted by atomic mass is 16.4. The molecule has 1 fully saturated rings. The number of aliphatic hydroxyl groups excluding tert-OH is 1. The van der Waals surface area contributed by atoms with E-state index in [-0.39, 0.29) is 19.1 Å². The van der Waals surface area contributed by atoms with Gasteiger partial charge in [-0.15, -0.1) is 0 Å². The quantitative estimate of drug-likeness (QED) is 0.563. The summed E-state index contributed by atoms with van der Waals surface area (Å²) in [7, 11) is 0. The summed E-state index contributed by atoms with van der Waals surface area (Å²) in [5.74, 6) is -0.435. The van der Waals surface area contributed by atoms with Crippen LogP contribution in [0.5, 0.6) is 0 Å². The third-order valence-electron chi connectivity index (χ3n) is 3.61. The van der Waals surface area contributed by atoms with Crippen molar-refractivity contribution < 1.29 is 19.8 Å². The molecule has 110 valence electrons. The average Bonchev–Trinajstić information content (AvgIpc) is 2.54. The summed E-state index contributed by atoms with van der Waals surface area (Å²) >= 11 is 0. The fourth-order valence-corrected chi connectivity index (χ4v) is 2.40. The lowest BCUT2D eigenvalue weighted by atomic mass is 10.0. The van der Waals surface area contributed by atoms with Crippen LogP contribution in [0.1, 0.15) is 45.4 Å². The molecule has 0 aromatic heterocycles. The van der Waals surface area contributed by atoms with Crippen LogP contribution in [0.2, 0.25) is 0 Å². The van der Waals surface area contributed by atoms with E-state index in [9.17, 15) is 9.59 Å². The van der Waals surface area contributed by atoms with Crippen LogP contribution in [0.25, 0.3) is 0 Å². The number of amides is 2. The van der Waals surface area contributed by atoms with Crippen LogP contribution in [-0.4, -0.2) is 40.9 Å². The SMILES string of the molecule is CC1CCCC(NC(=O)N[C@H](CCO)C(=O)O)CC1. The van der Waals surface area contributed by atoms with Gasteiger partial charge in [-0.2, -0.15) is 0 Å². The Labute approximate surface area is 113 Å². The Kier molecular flexibility index (Phi) is 6.62. The van der Waals surface area contributed by atoms with Gasteiger partial charge in [0.05, 0.1) is 0 Å². The van der Waals surface area contributed by atoms with Crippen molar-refractivity contribution in [2.75, 3.05) is 6.61 Å². The number of rotatable bonds is 5. The summed E-state index contributed by atoms with van der Waals surface area (Å²) in [6, 6.07) is -1.37. The molecule has 1 rings (SSSR count). The van der Waals surface area contributed by atoms with E-state index in [4.69, 9.17) is 10.2 Å². The number of urea groups is 1. The average molecular weight is 272 g/mol. The third kappa shape index (κ3) is 5.92. The van der Waals surface area contributed by atoms with Gasteiger partial charge in [0.1, 0.15) is 6.04 Å². The van der Waals surface area contributed by atoms with Crippen LogP contribution >= 0.6 is 0 Å². The Morgan fingerprint density at radius 2 is 2.00 bits per heavy atom. The van der Waals surface area contributed by atoms with Crippen molar-refractivity contribution in [3.8, 4) is 0 Å². The molecule has 2 amide bonds. The van der Waals surface area contributed by atoms with Crippen LogP contribution in [-0.2, 0) is 4.79 Å². The van der Waals surface area contributed by atoms with Crippen molar-refractivity contribution in [1.82, 2.24) is 10.6 Å². The molecule has 1 saturated carbocycles. The van der Waals surface area contributed by atoms with Gasteiger partial charge in [-0.05, 0) is 25.2 Å². The molecule has 4 N–H and O–H groups in total. The molecular weight excluding hydrogens is 248 g/mol. The fourth-order valence-electron chi connectivity index (χ4n) is 2.40. The minimum atomic E-state index is -1.13. The Balaban J connectivity index is 2.38. The maximum atomic E-state index is 11.7. The highest BCUT2D eigenvalue weighted by Crippen LogP contribution is 2.22. The van der Waals surface area contributed by atoms with E-state index < -0.39 is 18.0 Å². The molecule has 1 aliphatic carbocycles. The third-order valence-corrected chi connectivity index (χ3v) is 3.61. The summed E-state index contributed by atoms with van der Waals surface area (Å²) < 4.78 is 0. The number of carbonyl (C=O) groups excluding carboxylic acids is 1. The summed E-state index contributed by atoms with van der Waals surface area (Å²) in [5, 5.41) is 22.9. The number of aliphatic hydroxyl groups is 1. The van der Waals surface area contributed by atoms with Crippen molar-refractivity contribution in [1.29, 1.82) is 0 Å². The lowest BCUT2D eigenvalue weighted by molar-refractivity contribution is -0.139. The monoisotopic (exact) mass is 272 g/mol. The van der Waals surface area contributed by atoms with Crippen LogP contribution in [0.3, 0.4) is 0 Å². The zero-order valence-electron chi connectivity index (χ0n) is 11.4. The van der Waals surface area contributed by atoms with E-state index in [1.54, 1.807) is 0 Å². The highest BCUT2D eigenvalue weighted by molar-refractivity contribution is 5.82. The van der Waals surface area contributed by atoms with Crippen molar-refractivity contribution in [2.45, 2.75) is 57.5 Å². The molecule has 0 radical (unpaired) electrons. The minimum absolute atomic E-state index is 0.0183. The molecule has 0 heterocycles. The number of carboxylic acid groups (broad SMARTS) is 1. The smallest absolute Gasteiger partial charge is 0.326 e. The van der Waals surface area contributed by atoms with Gasteiger partial charge in [-0.1, -0.05) is 19.8 Å². The second-order valence-corrected chi connectivity index (χ2v) is 5.33. The number of nitrogens with one attached hydrogen (secondary N) is 2. The molecule has 3 atom stereocenters. The van der Waals surface area contributed by atoms with E-state index >= 15 is 0 Å². The zero-order chi connectivity index (χ0) is 14.3. The second-order valence-electron chi connectivity index (χ2n) is 5.33. The van der Waals surface area contributed by atoms with Gasteiger partial charge < -0.3 is 20.8 Å². The highest BCUT2D eigenvalue weighted by Gasteiger charge is 2.22. The normalized spacial score (nSPS) is 25.2. The maximum absolute atomic E-state index is 11.7. The molecule has 0 aliphatic heterocycles. The topological polar surface area (TPSA) is 98.7 Å². The lowest BCUT2D eigenvalue weighted by Gasteiger charge is -2.19. The van der Waals surface area contributed by atoms with Crippen molar-refractivity contribution in [3.05, 3.63) is 0 Å². The standard InChI is InChI=1S/C13H24N2O4/c1-9-3-2-4-10(6-5-9)14-13(19)15-11(7-8-16)12(17)18/h9-11,16H,2-8H2,1H3,(H,17,18)(H2,14,15,19)/t9?,10?,11-/m1/s1. The lowest BCUT2D eigenvalue weighted by Crippen LogP contribution is -2.49. The van der Waals surface area contributed by atoms with Gasteiger partial charge in [0.15, 0.2) is 0 Å². The molecule has 0 spiro atoms. The fraction of sp³-hybridized carbons (Fsp3) is 0.846. The van der Waals surface area contributed by atoms with E-state index in [1.807, 2.05) is 0 Å². The maximum Gasteiger partial charge on any atom is 0.326 e. The van der Waals surface area contributed by atoms with Crippen LogP contribution in [0.4, 0.5) is 4.79 Å². The molecule has 0 bridgehead atoms. The molecule has 0 aromatic carbocycles. The molecule has 19 heavy (non-hydrogen) atoms. The van der Waals surface area contributed by atoms with Crippen LogP contribution < -0.4 is 10.6 Å². The Morgan fingerprint density at radius 3 is 2.63 bits per heavy atom. The molecule has 1 aliphatic rings. The van der Waals surface area contributed by atoms with Gasteiger partial charge in [0, 0.05) is 19.1 Å². The summed E-state index contributed by atoms with van der Waals surface area (Å²) in [6.07, 6.45) is 5.25. The predicted octanol–water partition coefficient (Wildman–Crippen LogP) is 1.09. The molecule has 0 saturated heterocycles. The first-order chi connectivity index (χ1) is 9.02. The zero-order valence-corrected chi connectivity index (χ0v) is 11.4. The van der Waals surface area contributed by atoms with Gasteiger partial charge in [0.2, 0.25) is 0 Å². The van der Waals surface area contributed by atoms with E-state index in [0.29, 0.717) is 5.92 Å². The first kappa shape index (κ1) is 15.8. The first-order valence-electron chi connectivity index (χ1n) is 6.93. The van der Waals surface area contributed by atoms with E-state index in [1.165, 1.54) is 6.42 Å². The van der Waals surface area contributed by atoms with Gasteiger partial charge in [-0.25, -0.2) is 9.59 Å². The number of aliphatic carboxylic acids is 1. The Bertz CT molecular complexity index is 309. The van der Waals surface area contributed by atoms with Gasteiger partial charge >= 0.3 is 12.0 Å². The largest absolute Gasteiger partial charge is 0.480 e. The van der Waals surface area contributed by atoms with Crippen molar-refractivity contribution in [2.24, 2.45) is 5.92 Å². The van der Waals surface area contributed by atoms with E-state index in [2.05, 4.69) is 17.6 Å². The minimum Gasteiger partial charge on any atom is -0.480 e.